The minimum atomic E-state index is -1.54. The number of allylic oxidation sites excluding steroid dienone is 10. The molecule has 1 rings (SSSR count). The number of carbonyl (C=O) groups excluding carboxylic acids is 1. The summed E-state index contributed by atoms with van der Waals surface area (Å²) in [5.74, 6) is -0.336. The van der Waals surface area contributed by atoms with Crippen LogP contribution in [0.5, 0.6) is 0 Å². The maximum Gasteiger partial charge on any atom is 0.306 e. The van der Waals surface area contributed by atoms with E-state index in [0.29, 0.717) is 13.0 Å². The number of rotatable bonds is 32. The summed E-state index contributed by atoms with van der Waals surface area (Å²) in [5, 5.41) is 39.9. The van der Waals surface area contributed by atoms with E-state index in [1.54, 1.807) is 0 Å². The minimum Gasteiger partial charge on any atom is -0.457 e. The zero-order valence-corrected chi connectivity index (χ0v) is 31.8. The lowest BCUT2D eigenvalue weighted by atomic mass is 9.99. The van der Waals surface area contributed by atoms with Gasteiger partial charge in [0.25, 0.3) is 0 Å². The monoisotopic (exact) mass is 721 g/mol. The van der Waals surface area contributed by atoms with Crippen LogP contribution in [0.3, 0.4) is 0 Å². The number of aliphatic hydroxyl groups excluding tert-OH is 4. The molecule has 0 aromatic carbocycles. The van der Waals surface area contributed by atoms with Crippen molar-refractivity contribution in [2.45, 2.75) is 173 Å². The number of hydrogen-bond donors (Lipinski definition) is 4. The standard InChI is InChI=1S/C42H72O9/c1-3-5-7-9-11-13-15-16-17-18-19-20-21-22-24-26-28-30-32-48-34-36(35-49-42-41(47)40(46)39(45)37(33-43)51-42)50-38(44)31-29-27-25-23-14-12-10-8-6-4-2/h5,7-8,10-11,13,16-17,19-20,36-37,39-43,45-47H,3-4,6,9,12,14-15,18,21-35H2,1-2H3/b7-5-,10-8-,13-11-,17-16-,20-19-. The average molecular weight is 721 g/mol. The van der Waals surface area contributed by atoms with Crippen molar-refractivity contribution in [1.82, 2.24) is 0 Å². The Morgan fingerprint density at radius 3 is 1.82 bits per heavy atom. The van der Waals surface area contributed by atoms with Crippen LogP contribution in [0.1, 0.15) is 136 Å². The molecule has 0 aromatic heterocycles. The molecule has 0 bridgehead atoms. The van der Waals surface area contributed by atoms with Crippen LogP contribution in [0, 0.1) is 0 Å². The highest BCUT2D eigenvalue weighted by Crippen LogP contribution is 2.22. The van der Waals surface area contributed by atoms with E-state index in [0.717, 1.165) is 96.3 Å². The second kappa shape index (κ2) is 33.7. The topological polar surface area (TPSA) is 135 Å². The molecule has 4 N–H and O–H groups in total. The lowest BCUT2D eigenvalue weighted by molar-refractivity contribution is -0.305. The smallest absolute Gasteiger partial charge is 0.306 e. The molecule has 6 atom stereocenters. The summed E-state index contributed by atoms with van der Waals surface area (Å²) in [7, 11) is 0. The molecule has 0 spiro atoms. The molecule has 294 valence electrons. The molecule has 9 heteroatoms. The van der Waals surface area contributed by atoms with Crippen molar-refractivity contribution in [2.24, 2.45) is 0 Å². The number of hydrogen-bond acceptors (Lipinski definition) is 9. The number of carbonyl (C=O) groups is 1. The minimum absolute atomic E-state index is 0.126. The van der Waals surface area contributed by atoms with E-state index < -0.39 is 43.4 Å². The Hall–Kier alpha value is -2.11. The fourth-order valence-corrected chi connectivity index (χ4v) is 5.54. The maximum atomic E-state index is 12.7. The summed E-state index contributed by atoms with van der Waals surface area (Å²) in [6.45, 7) is 4.30. The van der Waals surface area contributed by atoms with Crippen LogP contribution in [0.4, 0.5) is 0 Å². The van der Waals surface area contributed by atoms with Gasteiger partial charge in [0.1, 0.15) is 30.5 Å². The van der Waals surface area contributed by atoms with Crippen LogP contribution in [-0.2, 0) is 23.7 Å². The maximum absolute atomic E-state index is 12.7. The van der Waals surface area contributed by atoms with Gasteiger partial charge >= 0.3 is 5.97 Å². The predicted molar refractivity (Wildman–Crippen MR) is 205 cm³/mol. The first-order valence-electron chi connectivity index (χ1n) is 19.9. The molecule has 0 radical (unpaired) electrons. The molecule has 1 heterocycles. The fraction of sp³-hybridized carbons (Fsp3) is 0.738. The van der Waals surface area contributed by atoms with E-state index in [2.05, 4.69) is 74.6 Å². The van der Waals surface area contributed by atoms with Crippen LogP contribution in [0.2, 0.25) is 0 Å². The molecule has 0 amide bonds. The first kappa shape index (κ1) is 46.9. The van der Waals surface area contributed by atoms with Gasteiger partial charge in [0.15, 0.2) is 6.29 Å². The molecule has 0 aromatic rings. The number of esters is 1. The Morgan fingerprint density at radius 2 is 1.20 bits per heavy atom. The summed E-state index contributed by atoms with van der Waals surface area (Å²) in [5.41, 5.74) is 0. The van der Waals surface area contributed by atoms with Crippen molar-refractivity contribution in [2.75, 3.05) is 26.4 Å². The quantitative estimate of drug-likeness (QED) is 0.0310. The van der Waals surface area contributed by atoms with Crippen LogP contribution < -0.4 is 0 Å². The molecular formula is C42H72O9. The Bertz CT molecular complexity index is 958. The summed E-state index contributed by atoms with van der Waals surface area (Å²) >= 11 is 0. The van der Waals surface area contributed by atoms with Gasteiger partial charge in [0, 0.05) is 13.0 Å². The van der Waals surface area contributed by atoms with Crippen molar-refractivity contribution >= 4 is 5.97 Å². The lowest BCUT2D eigenvalue weighted by Crippen LogP contribution is -2.59. The SMILES string of the molecule is CC/C=C\C/C=C\C/C=C\C/C=C\CCCCCCCOCC(COC1OC(CO)C(O)C(O)C1O)OC(=O)CCCCCCC/C=C\CCC. The Balaban J connectivity index is 2.32. The number of ether oxygens (including phenoxy) is 4. The third kappa shape index (κ3) is 25.5. The largest absolute Gasteiger partial charge is 0.457 e. The van der Waals surface area contributed by atoms with Crippen LogP contribution in [0.25, 0.3) is 0 Å². The van der Waals surface area contributed by atoms with Crippen LogP contribution in [-0.4, -0.2) is 89.6 Å². The van der Waals surface area contributed by atoms with Gasteiger partial charge in [0.05, 0.1) is 19.8 Å². The molecule has 51 heavy (non-hydrogen) atoms. The van der Waals surface area contributed by atoms with Crippen molar-refractivity contribution in [3.05, 3.63) is 60.8 Å². The molecular weight excluding hydrogens is 648 g/mol. The molecule has 1 aliphatic heterocycles. The van der Waals surface area contributed by atoms with E-state index in [-0.39, 0.29) is 19.2 Å². The van der Waals surface area contributed by atoms with E-state index in [1.165, 1.54) is 19.3 Å². The van der Waals surface area contributed by atoms with Crippen molar-refractivity contribution in [1.29, 1.82) is 0 Å². The van der Waals surface area contributed by atoms with Gasteiger partial charge in [-0.05, 0) is 70.6 Å². The highest BCUT2D eigenvalue weighted by molar-refractivity contribution is 5.69. The lowest BCUT2D eigenvalue weighted by Gasteiger charge is -2.39. The van der Waals surface area contributed by atoms with Gasteiger partial charge < -0.3 is 39.4 Å². The van der Waals surface area contributed by atoms with Crippen molar-refractivity contribution in [3.8, 4) is 0 Å². The second-order valence-corrected chi connectivity index (χ2v) is 13.3. The Morgan fingerprint density at radius 1 is 0.647 bits per heavy atom. The van der Waals surface area contributed by atoms with E-state index in [1.807, 2.05) is 0 Å². The number of aliphatic hydroxyl groups is 4. The summed E-state index contributed by atoms with van der Waals surface area (Å²) < 4.78 is 22.7. The second-order valence-electron chi connectivity index (χ2n) is 13.3. The predicted octanol–water partition coefficient (Wildman–Crippen LogP) is 7.96. The number of unbranched alkanes of at least 4 members (excludes halogenated alkanes) is 11. The molecule has 1 aliphatic rings. The van der Waals surface area contributed by atoms with Gasteiger partial charge in [-0.1, -0.05) is 120 Å². The average Bonchev–Trinajstić information content (AvgIpc) is 3.13. The van der Waals surface area contributed by atoms with Gasteiger partial charge in [-0.25, -0.2) is 0 Å². The van der Waals surface area contributed by atoms with Crippen molar-refractivity contribution < 1.29 is 44.2 Å². The normalized spacial score (nSPS) is 22.0. The van der Waals surface area contributed by atoms with Gasteiger partial charge in [-0.2, -0.15) is 0 Å². The first-order valence-corrected chi connectivity index (χ1v) is 19.9. The van der Waals surface area contributed by atoms with Crippen LogP contribution >= 0.6 is 0 Å². The highest BCUT2D eigenvalue weighted by atomic mass is 16.7. The third-order valence-electron chi connectivity index (χ3n) is 8.65. The van der Waals surface area contributed by atoms with Gasteiger partial charge in [-0.15, -0.1) is 0 Å². The summed E-state index contributed by atoms with van der Waals surface area (Å²) in [6, 6.07) is 0. The summed E-state index contributed by atoms with van der Waals surface area (Å²) in [4.78, 5) is 12.7. The Kier molecular flexibility index (Phi) is 31.0. The molecule has 0 aliphatic carbocycles. The zero-order valence-electron chi connectivity index (χ0n) is 31.8. The third-order valence-corrected chi connectivity index (χ3v) is 8.65. The highest BCUT2D eigenvalue weighted by Gasteiger charge is 2.44. The zero-order chi connectivity index (χ0) is 37.2. The molecule has 6 unspecified atom stereocenters. The molecule has 9 nitrogen and oxygen atoms in total. The van der Waals surface area contributed by atoms with Gasteiger partial charge in [-0.3, -0.25) is 4.79 Å². The van der Waals surface area contributed by atoms with E-state index in [4.69, 9.17) is 18.9 Å². The van der Waals surface area contributed by atoms with E-state index >= 15 is 0 Å². The van der Waals surface area contributed by atoms with Crippen molar-refractivity contribution in [3.63, 3.8) is 0 Å². The van der Waals surface area contributed by atoms with Crippen LogP contribution in [0.15, 0.2) is 60.8 Å². The first-order chi connectivity index (χ1) is 24.9. The molecule has 1 saturated heterocycles. The molecule has 0 saturated carbocycles. The van der Waals surface area contributed by atoms with E-state index in [9.17, 15) is 25.2 Å². The Labute approximate surface area is 309 Å². The van der Waals surface area contributed by atoms with Gasteiger partial charge in [0.2, 0.25) is 0 Å². The summed E-state index contributed by atoms with van der Waals surface area (Å²) in [6.07, 6.45) is 33.9. The molecule has 1 fully saturated rings. The fourth-order valence-electron chi connectivity index (χ4n) is 5.54.